The van der Waals surface area contributed by atoms with Crippen molar-refractivity contribution < 1.29 is 79.0 Å². The van der Waals surface area contributed by atoms with Crippen molar-refractivity contribution in [2.75, 3.05) is 0 Å². The van der Waals surface area contributed by atoms with Crippen LogP contribution in [-0.2, 0) is 29.5 Å². The van der Waals surface area contributed by atoms with Crippen molar-refractivity contribution >= 4 is 25.7 Å². The Morgan fingerprint density at radius 3 is 1.86 bits per heavy atom. The van der Waals surface area contributed by atoms with Gasteiger partial charge in [0.2, 0.25) is 11.2 Å². The van der Waals surface area contributed by atoms with E-state index in [4.69, 9.17) is 5.39 Å². The molecule has 0 spiro atoms. The molecule has 0 bridgehead atoms. The number of hydrogen-bond acceptors (Lipinski definition) is 7. The number of alkyl halides is 8. The van der Waals surface area contributed by atoms with Gasteiger partial charge in [-0.05, 0) is 6.07 Å². The molecule has 0 saturated carbocycles. The molecule has 0 heterocycles. The Hall–Kier alpha value is -2.84. The number of benzene rings is 1. The minimum Gasteiger partial charge on any atom is -0.399 e. The molecule has 0 saturated heterocycles. The number of hydrogen-bond donors (Lipinski definition) is 1. The molecule has 1 N–H and O–H groups in total. The van der Waals surface area contributed by atoms with Gasteiger partial charge in [-0.1, -0.05) is 4.13 Å². The molecule has 0 aliphatic rings. The molecule has 23 heteroatoms. The summed E-state index contributed by atoms with van der Waals surface area (Å²) in [5.74, 6) is -1.74. The monoisotopic (exact) mass is 578 g/mol. The smallest absolute Gasteiger partial charge is 0.399 e. The van der Waals surface area contributed by atoms with Crippen LogP contribution in [0.5, 0.6) is 0 Å². The minimum atomic E-state index is -7.50. The third kappa shape index (κ3) is 6.05. The van der Waals surface area contributed by atoms with Gasteiger partial charge in [-0.25, -0.2) is 21.6 Å². The molecule has 1 atom stereocenters. The lowest BCUT2D eigenvalue weighted by atomic mass is 10.3. The first-order valence-corrected chi connectivity index (χ1v) is 10.4. The van der Waals surface area contributed by atoms with E-state index >= 15 is 0 Å². The molecule has 0 aromatic heterocycles. The lowest BCUT2D eigenvalue weighted by Crippen LogP contribution is -2.59. The van der Waals surface area contributed by atoms with Gasteiger partial charge in [-0.3, -0.25) is 0 Å². The van der Waals surface area contributed by atoms with Crippen LogP contribution in [0.15, 0.2) is 35.2 Å². The first-order chi connectivity index (χ1) is 15.4. The third-order valence-corrected chi connectivity index (χ3v) is 6.74. The number of diazo groups is 1. The molecule has 0 amide bonds. The maximum Gasteiger partial charge on any atom is 0.491 e. The Labute approximate surface area is 184 Å². The van der Waals surface area contributed by atoms with E-state index in [1.165, 1.54) is 0 Å². The van der Waals surface area contributed by atoms with Gasteiger partial charge in [0.25, 0.3) is 20.0 Å². The van der Waals surface area contributed by atoms with E-state index in [1.807, 2.05) is 4.74 Å². The van der Waals surface area contributed by atoms with Crippen molar-refractivity contribution in [1.82, 2.24) is 4.13 Å². The van der Waals surface area contributed by atoms with E-state index in [1.54, 1.807) is 0 Å². The summed E-state index contributed by atoms with van der Waals surface area (Å²) >= 11 is 0. The SMILES string of the molecule is N#[N+]c1ccc(S(=O)(=O)NS(=O)(=O)C(F)(F)C(F)(F)OC(F)(OC(F)=C(F)F)C(F)(F)F)cc1F. The second kappa shape index (κ2) is 9.32. The molecular formula is C12H4F12N3O6S2+. The number of halogens is 12. The van der Waals surface area contributed by atoms with Crippen molar-refractivity contribution in [2.45, 2.75) is 28.5 Å². The molecule has 1 unspecified atom stereocenters. The predicted molar refractivity (Wildman–Crippen MR) is 82.7 cm³/mol. The van der Waals surface area contributed by atoms with Crippen LogP contribution in [-0.4, -0.2) is 40.4 Å². The van der Waals surface area contributed by atoms with E-state index in [0.717, 1.165) is 0 Å². The largest absolute Gasteiger partial charge is 0.491 e. The quantitative estimate of drug-likeness (QED) is 0.200. The zero-order valence-corrected chi connectivity index (χ0v) is 17.1. The fraction of sp³-hybridized carbons (Fsp3) is 0.333. The van der Waals surface area contributed by atoms with Crippen LogP contribution >= 0.6 is 0 Å². The van der Waals surface area contributed by atoms with Gasteiger partial charge in [-0.2, -0.15) is 52.7 Å². The van der Waals surface area contributed by atoms with Crippen LogP contribution in [0.4, 0.5) is 58.4 Å². The summed E-state index contributed by atoms with van der Waals surface area (Å²) in [5.41, 5.74) is -0.991. The molecule has 0 aliphatic heterocycles. The number of rotatable bonds is 9. The first-order valence-electron chi connectivity index (χ1n) is 7.48. The molecule has 35 heavy (non-hydrogen) atoms. The van der Waals surface area contributed by atoms with Gasteiger partial charge in [-0.15, -0.1) is 0 Å². The summed E-state index contributed by atoms with van der Waals surface area (Å²) in [6, 6.07) is -10.5. The van der Waals surface area contributed by atoms with Gasteiger partial charge in [0.05, 0.1) is 4.90 Å². The molecule has 0 aliphatic carbocycles. The second-order valence-electron chi connectivity index (χ2n) is 5.61. The van der Waals surface area contributed by atoms with Gasteiger partial charge in [0, 0.05) is 12.1 Å². The molecule has 0 radical (unpaired) electrons. The Balaban J connectivity index is 3.46. The standard InChI is InChI=1S/C12H4F12N3O6S2/c13-5-3-4(1-2-6(5)26-25)34(28,29)27-35(30,31)11(22,23)10(20,21)33-12(24,9(17,18)19)32-8(16)7(14)15/h1-3,27H/q+1. The van der Waals surface area contributed by atoms with Crippen LogP contribution < -0.4 is 4.13 Å². The average Bonchev–Trinajstić information content (AvgIpc) is 2.65. The summed E-state index contributed by atoms with van der Waals surface area (Å²) in [6.07, 6.45) is -18.4. The minimum absolute atomic E-state index is 0.130. The highest BCUT2D eigenvalue weighted by Crippen LogP contribution is 2.48. The summed E-state index contributed by atoms with van der Waals surface area (Å²) < 4.78 is 207. The third-order valence-electron chi connectivity index (χ3n) is 3.20. The average molecular weight is 578 g/mol. The van der Waals surface area contributed by atoms with Gasteiger partial charge in [0.1, 0.15) is 0 Å². The Morgan fingerprint density at radius 2 is 1.46 bits per heavy atom. The lowest BCUT2D eigenvalue weighted by Gasteiger charge is -2.32. The molecule has 9 nitrogen and oxygen atoms in total. The molecule has 198 valence electrons. The highest BCUT2D eigenvalue weighted by molar-refractivity contribution is 8.05. The number of ether oxygens (including phenoxy) is 2. The van der Waals surface area contributed by atoms with Gasteiger partial charge >= 0.3 is 41.4 Å². The molecular weight excluding hydrogens is 574 g/mol. The second-order valence-corrected chi connectivity index (χ2v) is 9.27. The Morgan fingerprint density at radius 1 is 0.943 bits per heavy atom. The van der Waals surface area contributed by atoms with E-state index < -0.39 is 72.1 Å². The first kappa shape index (κ1) is 30.2. The maximum absolute atomic E-state index is 13.9. The highest BCUT2D eigenvalue weighted by Gasteiger charge is 2.76. The Kier molecular flexibility index (Phi) is 8.04. The van der Waals surface area contributed by atoms with Crippen LogP contribution in [0.1, 0.15) is 0 Å². The van der Waals surface area contributed by atoms with Crippen LogP contribution in [0.2, 0.25) is 0 Å². The van der Waals surface area contributed by atoms with Crippen molar-refractivity contribution in [1.29, 1.82) is 5.39 Å². The maximum atomic E-state index is 13.9. The summed E-state index contributed by atoms with van der Waals surface area (Å²) in [5, 5.41) is 1.17. The Bertz CT molecular complexity index is 1270. The van der Waals surface area contributed by atoms with Crippen LogP contribution in [0.3, 0.4) is 0 Å². The van der Waals surface area contributed by atoms with Crippen molar-refractivity contribution in [3.8, 4) is 0 Å². The number of nitrogens with zero attached hydrogens (tertiary/aromatic N) is 2. The van der Waals surface area contributed by atoms with E-state index in [9.17, 15) is 69.5 Å². The van der Waals surface area contributed by atoms with E-state index in [-0.39, 0.29) is 16.3 Å². The number of sulfonamides is 2. The van der Waals surface area contributed by atoms with Crippen LogP contribution in [0, 0.1) is 11.2 Å². The topological polar surface area (TPSA) is 127 Å². The summed E-state index contributed by atoms with van der Waals surface area (Å²) in [6.45, 7) is 0. The summed E-state index contributed by atoms with van der Waals surface area (Å²) in [4.78, 5) is 0.649. The zero-order valence-electron chi connectivity index (χ0n) is 15.4. The van der Waals surface area contributed by atoms with Crippen molar-refractivity contribution in [3.05, 3.63) is 41.1 Å². The van der Waals surface area contributed by atoms with Crippen LogP contribution in [0.25, 0.3) is 4.98 Å². The normalized spacial score (nSPS) is 15.2. The van der Waals surface area contributed by atoms with Crippen molar-refractivity contribution in [3.63, 3.8) is 0 Å². The van der Waals surface area contributed by atoms with E-state index in [2.05, 4.69) is 9.71 Å². The molecule has 1 aromatic rings. The lowest BCUT2D eigenvalue weighted by molar-refractivity contribution is -0.504. The highest BCUT2D eigenvalue weighted by atomic mass is 32.3. The van der Waals surface area contributed by atoms with Crippen molar-refractivity contribution in [2.24, 2.45) is 0 Å². The fourth-order valence-corrected chi connectivity index (χ4v) is 4.47. The zero-order chi connectivity index (χ0) is 27.8. The fourth-order valence-electron chi connectivity index (χ4n) is 1.65. The predicted octanol–water partition coefficient (Wildman–Crippen LogP) is 4.36. The number of nitrogens with one attached hydrogen (secondary N) is 1. The van der Waals surface area contributed by atoms with Gasteiger partial charge in [0.15, 0.2) is 4.98 Å². The molecule has 1 rings (SSSR count). The molecule has 0 fully saturated rings. The van der Waals surface area contributed by atoms with Gasteiger partial charge < -0.3 is 4.74 Å². The summed E-state index contributed by atoms with van der Waals surface area (Å²) in [7, 11) is -13.5. The molecule has 1 aromatic carbocycles. The van der Waals surface area contributed by atoms with E-state index in [0.29, 0.717) is 6.07 Å².